The molecule has 0 radical (unpaired) electrons. The van der Waals surface area contributed by atoms with Gasteiger partial charge in [-0.3, -0.25) is 4.90 Å². The summed E-state index contributed by atoms with van der Waals surface area (Å²) in [4.78, 5) is 2.47. The zero-order chi connectivity index (χ0) is 9.80. The molecule has 1 N–H and O–H groups in total. The number of likely N-dealkylation sites (tertiary alicyclic amines) is 1. The van der Waals surface area contributed by atoms with Gasteiger partial charge in [-0.2, -0.15) is 0 Å². The normalized spacial score (nSPS) is 31.1. The van der Waals surface area contributed by atoms with Crippen molar-refractivity contribution in [2.45, 2.75) is 31.7 Å². The van der Waals surface area contributed by atoms with E-state index in [4.69, 9.17) is 4.74 Å². The van der Waals surface area contributed by atoms with Gasteiger partial charge < -0.3 is 9.84 Å². The van der Waals surface area contributed by atoms with Crippen LogP contribution < -0.4 is 0 Å². The van der Waals surface area contributed by atoms with Gasteiger partial charge in [-0.25, -0.2) is 0 Å². The van der Waals surface area contributed by atoms with Gasteiger partial charge in [0.15, 0.2) is 0 Å². The highest BCUT2D eigenvalue weighted by atomic mass is 16.5. The Morgan fingerprint density at radius 1 is 1.21 bits per heavy atom. The zero-order valence-corrected chi connectivity index (χ0v) is 8.82. The molecule has 2 fully saturated rings. The van der Waals surface area contributed by atoms with Crippen molar-refractivity contribution in [3.05, 3.63) is 0 Å². The lowest BCUT2D eigenvalue weighted by molar-refractivity contribution is 0.0460. The first-order valence-electron chi connectivity index (χ1n) is 5.83. The summed E-state index contributed by atoms with van der Waals surface area (Å²) in [6.45, 7) is 4.56. The van der Waals surface area contributed by atoms with Gasteiger partial charge in [-0.05, 0) is 38.1 Å². The quantitative estimate of drug-likeness (QED) is 0.732. The first kappa shape index (κ1) is 10.4. The van der Waals surface area contributed by atoms with E-state index in [-0.39, 0.29) is 0 Å². The predicted molar refractivity (Wildman–Crippen MR) is 55.2 cm³/mol. The Bertz CT molecular complexity index is 169. The summed E-state index contributed by atoms with van der Waals surface area (Å²) in [5.74, 6) is 0.802. The molecule has 0 spiro atoms. The summed E-state index contributed by atoms with van der Waals surface area (Å²) in [7, 11) is 0. The average Bonchev–Trinajstić information content (AvgIpc) is 2.67. The highest BCUT2D eigenvalue weighted by molar-refractivity contribution is 4.80. The lowest BCUT2D eigenvalue weighted by Gasteiger charge is -2.30. The van der Waals surface area contributed by atoms with Gasteiger partial charge in [0.2, 0.25) is 0 Å². The Balaban J connectivity index is 1.77. The molecule has 3 heteroatoms. The minimum atomic E-state index is 0.337. The Morgan fingerprint density at radius 3 is 2.71 bits per heavy atom. The molecule has 2 heterocycles. The molecule has 0 aromatic heterocycles. The fourth-order valence-electron chi connectivity index (χ4n) is 2.60. The number of rotatable bonds is 3. The number of aliphatic hydroxyl groups is 1. The van der Waals surface area contributed by atoms with Gasteiger partial charge in [0.1, 0.15) is 0 Å². The van der Waals surface area contributed by atoms with E-state index in [2.05, 4.69) is 4.90 Å². The molecule has 2 saturated heterocycles. The molecule has 82 valence electrons. The molecule has 1 atom stereocenters. The summed E-state index contributed by atoms with van der Waals surface area (Å²) in [6, 6.07) is 0.442. The SMILES string of the molecule is OCC1CCCN1CC1CCOCC1. The maximum absolute atomic E-state index is 9.20. The second kappa shape index (κ2) is 5.10. The van der Waals surface area contributed by atoms with Gasteiger partial charge >= 0.3 is 0 Å². The van der Waals surface area contributed by atoms with Crippen LogP contribution in [-0.4, -0.2) is 49.0 Å². The lowest BCUT2D eigenvalue weighted by atomic mass is 9.99. The first-order valence-corrected chi connectivity index (χ1v) is 5.83. The third-order valence-electron chi connectivity index (χ3n) is 3.54. The van der Waals surface area contributed by atoms with Gasteiger partial charge in [0.05, 0.1) is 6.61 Å². The van der Waals surface area contributed by atoms with E-state index in [1.165, 1.54) is 38.8 Å². The van der Waals surface area contributed by atoms with Crippen molar-refractivity contribution in [1.82, 2.24) is 4.90 Å². The van der Waals surface area contributed by atoms with Gasteiger partial charge in [-0.1, -0.05) is 0 Å². The highest BCUT2D eigenvalue weighted by Crippen LogP contribution is 2.22. The van der Waals surface area contributed by atoms with Crippen LogP contribution in [-0.2, 0) is 4.74 Å². The Kier molecular flexibility index (Phi) is 3.79. The lowest BCUT2D eigenvalue weighted by Crippen LogP contribution is -2.37. The van der Waals surface area contributed by atoms with Crippen LogP contribution in [0.3, 0.4) is 0 Å². The van der Waals surface area contributed by atoms with Crippen molar-refractivity contribution in [3.8, 4) is 0 Å². The predicted octanol–water partition coefficient (Wildman–Crippen LogP) is 0.870. The fraction of sp³-hybridized carbons (Fsp3) is 1.00. The van der Waals surface area contributed by atoms with Crippen molar-refractivity contribution in [1.29, 1.82) is 0 Å². The van der Waals surface area contributed by atoms with Gasteiger partial charge in [-0.15, -0.1) is 0 Å². The van der Waals surface area contributed by atoms with E-state index < -0.39 is 0 Å². The number of hydrogen-bond donors (Lipinski definition) is 1. The molecule has 0 amide bonds. The topological polar surface area (TPSA) is 32.7 Å². The molecule has 2 aliphatic heterocycles. The number of aliphatic hydroxyl groups excluding tert-OH is 1. The minimum Gasteiger partial charge on any atom is -0.395 e. The smallest absolute Gasteiger partial charge is 0.0586 e. The van der Waals surface area contributed by atoms with Crippen LogP contribution in [0.25, 0.3) is 0 Å². The first-order chi connectivity index (χ1) is 6.90. The Hall–Kier alpha value is -0.120. The summed E-state index contributed by atoms with van der Waals surface area (Å²) < 4.78 is 5.35. The van der Waals surface area contributed by atoms with E-state index in [0.717, 1.165) is 19.1 Å². The highest BCUT2D eigenvalue weighted by Gasteiger charge is 2.26. The molecular weight excluding hydrogens is 178 g/mol. The molecule has 14 heavy (non-hydrogen) atoms. The third kappa shape index (κ3) is 2.47. The minimum absolute atomic E-state index is 0.337. The number of hydrogen-bond acceptors (Lipinski definition) is 3. The van der Waals surface area contributed by atoms with Gasteiger partial charge in [0.25, 0.3) is 0 Å². The third-order valence-corrected chi connectivity index (χ3v) is 3.54. The van der Waals surface area contributed by atoms with Crippen LogP contribution >= 0.6 is 0 Å². The molecule has 2 rings (SSSR count). The van der Waals surface area contributed by atoms with Crippen LogP contribution in [0.2, 0.25) is 0 Å². The van der Waals surface area contributed by atoms with E-state index >= 15 is 0 Å². The molecule has 3 nitrogen and oxygen atoms in total. The molecule has 0 aliphatic carbocycles. The Morgan fingerprint density at radius 2 is 2.00 bits per heavy atom. The van der Waals surface area contributed by atoms with Crippen molar-refractivity contribution in [2.24, 2.45) is 5.92 Å². The van der Waals surface area contributed by atoms with Crippen LogP contribution in [0.15, 0.2) is 0 Å². The summed E-state index contributed by atoms with van der Waals surface area (Å²) in [5.41, 5.74) is 0. The molecular formula is C11H21NO2. The maximum atomic E-state index is 9.20. The molecule has 0 aromatic rings. The molecule has 0 saturated carbocycles. The second-order valence-corrected chi connectivity index (χ2v) is 4.53. The van der Waals surface area contributed by atoms with Crippen LogP contribution in [0.5, 0.6) is 0 Å². The van der Waals surface area contributed by atoms with Crippen molar-refractivity contribution >= 4 is 0 Å². The summed E-state index contributed by atoms with van der Waals surface area (Å²) >= 11 is 0. The Labute approximate surface area is 86.0 Å². The summed E-state index contributed by atoms with van der Waals surface area (Å²) in [6.07, 6.45) is 4.84. The van der Waals surface area contributed by atoms with Gasteiger partial charge in [0, 0.05) is 25.8 Å². The van der Waals surface area contributed by atoms with Crippen molar-refractivity contribution in [2.75, 3.05) is 32.9 Å². The van der Waals surface area contributed by atoms with Crippen LogP contribution in [0.1, 0.15) is 25.7 Å². The molecule has 0 bridgehead atoms. The standard InChI is InChI=1S/C11H21NO2/c13-9-11-2-1-5-12(11)8-10-3-6-14-7-4-10/h10-11,13H,1-9H2. The monoisotopic (exact) mass is 199 g/mol. The molecule has 0 aromatic carbocycles. The zero-order valence-electron chi connectivity index (χ0n) is 8.82. The number of ether oxygens (including phenoxy) is 1. The largest absolute Gasteiger partial charge is 0.395 e. The van der Waals surface area contributed by atoms with E-state index in [1.807, 2.05) is 0 Å². The van der Waals surface area contributed by atoms with Crippen LogP contribution in [0, 0.1) is 5.92 Å². The fourth-order valence-corrected chi connectivity index (χ4v) is 2.60. The number of nitrogens with zero attached hydrogens (tertiary/aromatic N) is 1. The van der Waals surface area contributed by atoms with Crippen LogP contribution in [0.4, 0.5) is 0 Å². The molecule has 1 unspecified atom stereocenters. The molecule has 2 aliphatic rings. The summed E-state index contributed by atoms with van der Waals surface area (Å²) in [5, 5.41) is 9.20. The van der Waals surface area contributed by atoms with E-state index in [0.29, 0.717) is 12.6 Å². The van der Waals surface area contributed by atoms with Crippen molar-refractivity contribution < 1.29 is 9.84 Å². The maximum Gasteiger partial charge on any atom is 0.0586 e. The second-order valence-electron chi connectivity index (χ2n) is 4.53. The van der Waals surface area contributed by atoms with E-state index in [1.54, 1.807) is 0 Å². The van der Waals surface area contributed by atoms with E-state index in [9.17, 15) is 5.11 Å². The average molecular weight is 199 g/mol. The van der Waals surface area contributed by atoms with Crippen molar-refractivity contribution in [3.63, 3.8) is 0 Å².